The zero-order chi connectivity index (χ0) is 23.9. The van der Waals surface area contributed by atoms with Gasteiger partial charge in [-0.05, 0) is 43.5 Å². The second-order valence-corrected chi connectivity index (χ2v) is 8.32. The van der Waals surface area contributed by atoms with Crippen molar-refractivity contribution >= 4 is 22.4 Å². The van der Waals surface area contributed by atoms with Crippen LogP contribution in [0.4, 0.5) is 24.7 Å². The number of pyridine rings is 1. The summed E-state index contributed by atoms with van der Waals surface area (Å²) in [5, 5.41) is 27.1. The Morgan fingerprint density at radius 3 is 2.67 bits per heavy atom. The largest absolute Gasteiger partial charge is 0.421 e. The van der Waals surface area contributed by atoms with Crippen molar-refractivity contribution in [1.82, 2.24) is 14.8 Å². The van der Waals surface area contributed by atoms with Crippen molar-refractivity contribution in [3.63, 3.8) is 0 Å². The van der Waals surface area contributed by atoms with E-state index in [4.69, 9.17) is 4.74 Å². The zero-order valence-corrected chi connectivity index (χ0v) is 17.7. The molecule has 1 aliphatic rings. The van der Waals surface area contributed by atoms with Gasteiger partial charge < -0.3 is 20.1 Å². The number of fused-ring (bicyclic) bond motifs is 1. The smallest absolute Gasteiger partial charge is 0.379 e. The Labute approximate surface area is 186 Å². The summed E-state index contributed by atoms with van der Waals surface area (Å²) in [6.45, 7) is 1.53. The monoisotopic (exact) mass is 461 g/mol. The number of benzene rings is 1. The fourth-order valence-electron chi connectivity index (χ4n) is 4.07. The maximum Gasteiger partial charge on any atom is 0.421 e. The summed E-state index contributed by atoms with van der Waals surface area (Å²) >= 11 is 0. The number of H-pyrrole nitrogens is 1. The molecule has 0 bridgehead atoms. The maximum absolute atomic E-state index is 13.1. The fraction of sp³-hybridized carbons (Fsp3) is 0.409. The molecule has 3 heterocycles. The van der Waals surface area contributed by atoms with Crippen molar-refractivity contribution in [2.45, 2.75) is 43.5 Å². The van der Waals surface area contributed by atoms with E-state index in [-0.39, 0.29) is 29.8 Å². The first-order valence-electron chi connectivity index (χ1n) is 10.3. The number of alkyl halides is 3. The third-order valence-corrected chi connectivity index (χ3v) is 6.02. The van der Waals surface area contributed by atoms with Crippen molar-refractivity contribution in [3.8, 4) is 6.07 Å². The molecule has 1 saturated heterocycles. The molecule has 4 rings (SSSR count). The van der Waals surface area contributed by atoms with Crippen LogP contribution in [0.5, 0.6) is 0 Å². The lowest BCUT2D eigenvalue weighted by Crippen LogP contribution is -2.42. The van der Waals surface area contributed by atoms with E-state index in [2.05, 4.69) is 21.5 Å². The lowest BCUT2D eigenvalue weighted by atomic mass is 9.89. The Balaban J connectivity index is 1.75. The number of aromatic amines is 1. The van der Waals surface area contributed by atoms with Gasteiger partial charge >= 0.3 is 6.18 Å². The summed E-state index contributed by atoms with van der Waals surface area (Å²) in [5.74, 6) is 0.199. The number of aliphatic hydroxyl groups is 1. The van der Waals surface area contributed by atoms with Crippen LogP contribution in [0.3, 0.4) is 0 Å². The van der Waals surface area contributed by atoms with E-state index in [1.54, 1.807) is 10.7 Å². The second-order valence-electron chi connectivity index (χ2n) is 8.32. The van der Waals surface area contributed by atoms with E-state index in [0.717, 1.165) is 18.6 Å². The topological polar surface area (TPSA) is 116 Å². The third kappa shape index (κ3) is 3.96. The minimum atomic E-state index is -4.83. The normalized spacial score (nSPS) is 20.8. The molecule has 3 aromatic rings. The quantitative estimate of drug-likeness (QED) is 0.534. The number of anilines is 2. The molecule has 2 atom stereocenters. The van der Waals surface area contributed by atoms with Gasteiger partial charge in [-0.1, -0.05) is 12.1 Å². The van der Waals surface area contributed by atoms with E-state index in [9.17, 15) is 28.3 Å². The van der Waals surface area contributed by atoms with Crippen LogP contribution in [0.2, 0.25) is 0 Å². The number of rotatable bonds is 5. The minimum absolute atomic E-state index is 0.136. The molecule has 174 valence electrons. The molecule has 33 heavy (non-hydrogen) atoms. The Kier molecular flexibility index (Phi) is 5.67. The van der Waals surface area contributed by atoms with Gasteiger partial charge in [0.2, 0.25) is 0 Å². The summed E-state index contributed by atoms with van der Waals surface area (Å²) in [4.78, 5) is 15.2. The van der Waals surface area contributed by atoms with E-state index >= 15 is 0 Å². The van der Waals surface area contributed by atoms with Gasteiger partial charge in [0.05, 0.1) is 30.2 Å². The first-order valence-corrected chi connectivity index (χ1v) is 10.3. The summed E-state index contributed by atoms with van der Waals surface area (Å²) in [6, 6.07) is 8.92. The van der Waals surface area contributed by atoms with Crippen molar-refractivity contribution in [1.29, 1.82) is 5.26 Å². The van der Waals surface area contributed by atoms with Crippen LogP contribution >= 0.6 is 0 Å². The molecule has 0 radical (unpaired) electrons. The molecule has 0 amide bonds. The SMILES string of the molecule is C[C@@](O)(c1ccc(Nc2nn([C@]3(CC#N)CCCOC3)c3cc[nH]c(=O)c23)cc1)C(F)(F)F. The highest BCUT2D eigenvalue weighted by Crippen LogP contribution is 2.39. The highest BCUT2D eigenvalue weighted by atomic mass is 19.4. The van der Waals surface area contributed by atoms with E-state index in [1.165, 1.54) is 18.3 Å². The highest BCUT2D eigenvalue weighted by Gasteiger charge is 2.51. The number of aromatic nitrogens is 3. The van der Waals surface area contributed by atoms with Crippen molar-refractivity contribution in [2.75, 3.05) is 18.5 Å². The third-order valence-electron chi connectivity index (χ3n) is 6.02. The van der Waals surface area contributed by atoms with Gasteiger partial charge in [-0.15, -0.1) is 0 Å². The Morgan fingerprint density at radius 1 is 1.33 bits per heavy atom. The molecule has 0 spiro atoms. The number of hydrogen-bond acceptors (Lipinski definition) is 6. The van der Waals surface area contributed by atoms with Crippen LogP contribution in [-0.2, 0) is 15.9 Å². The second kappa shape index (κ2) is 8.20. The molecular formula is C22H22F3N5O3. The van der Waals surface area contributed by atoms with Gasteiger partial charge in [-0.2, -0.15) is 23.5 Å². The molecule has 1 aliphatic heterocycles. The average Bonchev–Trinajstić information content (AvgIpc) is 3.14. The number of nitrogens with one attached hydrogen (secondary N) is 2. The Hall–Kier alpha value is -3.36. The molecular weight excluding hydrogens is 439 g/mol. The lowest BCUT2D eigenvalue weighted by molar-refractivity contribution is -0.258. The molecule has 2 aromatic heterocycles. The van der Waals surface area contributed by atoms with Crippen LogP contribution in [0, 0.1) is 11.3 Å². The zero-order valence-electron chi connectivity index (χ0n) is 17.7. The molecule has 0 aliphatic carbocycles. The first kappa shape index (κ1) is 22.8. The molecule has 1 fully saturated rings. The number of hydrogen-bond donors (Lipinski definition) is 3. The average molecular weight is 461 g/mol. The summed E-state index contributed by atoms with van der Waals surface area (Å²) < 4.78 is 46.6. The fourth-order valence-corrected chi connectivity index (χ4v) is 4.07. The van der Waals surface area contributed by atoms with Gasteiger partial charge in [0, 0.05) is 18.5 Å². The van der Waals surface area contributed by atoms with Crippen LogP contribution in [0.1, 0.15) is 31.7 Å². The lowest BCUT2D eigenvalue weighted by Gasteiger charge is -2.35. The molecule has 0 saturated carbocycles. The predicted octanol–water partition coefficient (Wildman–Crippen LogP) is 3.66. The Bertz CT molecular complexity index is 1250. The number of nitrogens with zero attached hydrogens (tertiary/aromatic N) is 3. The van der Waals surface area contributed by atoms with E-state index in [0.29, 0.717) is 31.2 Å². The standard InChI is InChI=1S/C22H22F3N5O3/c1-20(32,22(23,24)25)14-3-5-15(6-4-14)28-18-17-16(7-11-27-19(17)31)30(29-18)21(9-10-26)8-2-12-33-13-21/h3-7,11,32H,2,8-9,12-13H2,1H3,(H,27,31)(H,28,29)/t20-,21+/m1/s1. The van der Waals surface area contributed by atoms with Gasteiger partial charge in [0.15, 0.2) is 11.4 Å². The van der Waals surface area contributed by atoms with E-state index < -0.39 is 22.9 Å². The van der Waals surface area contributed by atoms with Gasteiger partial charge in [0.1, 0.15) is 5.39 Å². The van der Waals surface area contributed by atoms with Crippen LogP contribution in [-0.4, -0.2) is 39.3 Å². The molecule has 3 N–H and O–H groups in total. The molecule has 8 nitrogen and oxygen atoms in total. The number of ether oxygens (including phenoxy) is 1. The van der Waals surface area contributed by atoms with Gasteiger partial charge in [-0.25, -0.2) is 0 Å². The van der Waals surface area contributed by atoms with Crippen molar-refractivity contribution < 1.29 is 23.0 Å². The van der Waals surface area contributed by atoms with Crippen LogP contribution in [0.25, 0.3) is 10.9 Å². The number of nitriles is 1. The summed E-state index contributed by atoms with van der Waals surface area (Å²) in [6.07, 6.45) is -1.83. The Morgan fingerprint density at radius 2 is 2.06 bits per heavy atom. The van der Waals surface area contributed by atoms with Gasteiger partial charge in [-0.3, -0.25) is 9.48 Å². The van der Waals surface area contributed by atoms with Crippen LogP contribution < -0.4 is 10.9 Å². The predicted molar refractivity (Wildman–Crippen MR) is 114 cm³/mol. The van der Waals surface area contributed by atoms with Crippen molar-refractivity contribution in [3.05, 3.63) is 52.4 Å². The van der Waals surface area contributed by atoms with Crippen LogP contribution in [0.15, 0.2) is 41.3 Å². The molecule has 1 aromatic carbocycles. The first-order chi connectivity index (χ1) is 15.6. The summed E-state index contributed by atoms with van der Waals surface area (Å²) in [7, 11) is 0. The maximum atomic E-state index is 13.1. The summed E-state index contributed by atoms with van der Waals surface area (Å²) in [5.41, 5.74) is -3.57. The van der Waals surface area contributed by atoms with Crippen molar-refractivity contribution in [2.24, 2.45) is 0 Å². The number of halogens is 3. The minimum Gasteiger partial charge on any atom is -0.379 e. The highest BCUT2D eigenvalue weighted by molar-refractivity contribution is 5.91. The van der Waals surface area contributed by atoms with Gasteiger partial charge in [0.25, 0.3) is 5.56 Å². The molecule has 11 heteroatoms. The van der Waals surface area contributed by atoms with E-state index in [1.807, 2.05) is 0 Å². The molecule has 0 unspecified atom stereocenters.